The minimum absolute atomic E-state index is 0.0923. The number of hydrogen-bond acceptors (Lipinski definition) is 8. The summed E-state index contributed by atoms with van der Waals surface area (Å²) in [7, 11) is 3.48. The van der Waals surface area contributed by atoms with Gasteiger partial charge in [-0.25, -0.2) is 9.97 Å². The predicted octanol–water partition coefficient (Wildman–Crippen LogP) is 5.25. The van der Waals surface area contributed by atoms with Crippen molar-refractivity contribution < 1.29 is 14.3 Å². The average Bonchev–Trinajstić information content (AvgIpc) is 3.71. The summed E-state index contributed by atoms with van der Waals surface area (Å²) in [5, 5.41) is 10.00. The zero-order chi connectivity index (χ0) is 33.4. The second-order valence-corrected chi connectivity index (χ2v) is 13.5. The SMILES string of the molecule is COc1nc(-c2ccnc(-c3cccc(NC(=O)c4nc5c(n4C)CCN(CC4CC4)C5)c3Cl)c2Cl)ccc1CNC[C@H]1CCC(=O)N1. The molecule has 2 aliphatic heterocycles. The lowest BCUT2D eigenvalue weighted by molar-refractivity contribution is -0.119. The van der Waals surface area contributed by atoms with Gasteiger partial charge in [0.1, 0.15) is 0 Å². The zero-order valence-corrected chi connectivity index (χ0v) is 28.5. The highest BCUT2D eigenvalue weighted by Gasteiger charge is 2.30. The molecule has 1 saturated heterocycles. The molecular formula is C35H38Cl2N8O3. The molecule has 13 heteroatoms. The van der Waals surface area contributed by atoms with Crippen molar-refractivity contribution in [2.24, 2.45) is 13.0 Å². The lowest BCUT2D eigenvalue weighted by atomic mass is 10.1. The number of rotatable bonds is 11. The van der Waals surface area contributed by atoms with Crippen LogP contribution in [0.15, 0.2) is 42.6 Å². The van der Waals surface area contributed by atoms with Crippen LogP contribution in [0.3, 0.4) is 0 Å². The quantitative estimate of drug-likeness (QED) is 0.195. The first-order valence-electron chi connectivity index (χ1n) is 16.3. The molecule has 250 valence electrons. The smallest absolute Gasteiger partial charge is 0.291 e. The van der Waals surface area contributed by atoms with Crippen LogP contribution >= 0.6 is 23.2 Å². The monoisotopic (exact) mass is 688 g/mol. The van der Waals surface area contributed by atoms with Crippen LogP contribution in [-0.2, 0) is 31.4 Å². The topological polar surface area (TPSA) is 126 Å². The molecule has 1 aliphatic carbocycles. The van der Waals surface area contributed by atoms with Crippen molar-refractivity contribution in [1.82, 2.24) is 35.1 Å². The Labute approximate surface area is 289 Å². The van der Waals surface area contributed by atoms with E-state index in [1.165, 1.54) is 12.8 Å². The van der Waals surface area contributed by atoms with E-state index < -0.39 is 0 Å². The Morgan fingerprint density at radius 2 is 1.92 bits per heavy atom. The third-order valence-corrected chi connectivity index (χ3v) is 10.1. The Morgan fingerprint density at radius 3 is 2.69 bits per heavy atom. The van der Waals surface area contributed by atoms with E-state index in [0.29, 0.717) is 69.5 Å². The molecule has 2 amide bonds. The number of hydrogen-bond donors (Lipinski definition) is 3. The van der Waals surface area contributed by atoms with Gasteiger partial charge in [0, 0.05) is 87.2 Å². The third kappa shape index (κ3) is 6.78. The van der Waals surface area contributed by atoms with E-state index in [1.807, 2.05) is 29.8 Å². The van der Waals surface area contributed by atoms with Gasteiger partial charge in [-0.3, -0.25) is 19.5 Å². The Bertz CT molecular complexity index is 1870. The highest BCUT2D eigenvalue weighted by Crippen LogP contribution is 2.40. The Balaban J connectivity index is 1.08. The number of halogens is 2. The van der Waals surface area contributed by atoms with Crippen molar-refractivity contribution in [2.75, 3.05) is 32.1 Å². The first-order valence-corrected chi connectivity index (χ1v) is 17.1. The predicted molar refractivity (Wildman–Crippen MR) is 185 cm³/mol. The van der Waals surface area contributed by atoms with Crippen molar-refractivity contribution in [3.8, 4) is 28.4 Å². The maximum Gasteiger partial charge on any atom is 0.291 e. The van der Waals surface area contributed by atoms with E-state index in [-0.39, 0.29) is 17.9 Å². The number of ether oxygens (including phenoxy) is 1. The number of carbonyl (C=O) groups is 2. The van der Waals surface area contributed by atoms with Gasteiger partial charge in [-0.05, 0) is 43.4 Å². The standard InChI is InChI=1S/C35H38Cl2N8O3/c1-44-28-13-15-45(18-20-6-7-20)19-27(28)41-33(44)34(47)42-26-5-3-4-24(30(26)36)32-31(37)23(12-14-39-32)25-10-8-21(35(43-25)48-2)16-38-17-22-9-11-29(46)40-22/h3-5,8,10,12,14,20,22,38H,6-7,9,11,13,15-19H2,1-2H3,(H,40,46)(H,42,47)/t22-/m1/s1. The number of anilines is 1. The largest absolute Gasteiger partial charge is 0.481 e. The normalized spacial score (nSPS) is 17.7. The molecule has 11 nitrogen and oxygen atoms in total. The van der Waals surface area contributed by atoms with Gasteiger partial charge < -0.3 is 25.3 Å². The molecule has 0 spiro atoms. The number of amides is 2. The summed E-state index contributed by atoms with van der Waals surface area (Å²) in [5.41, 5.74) is 5.70. The van der Waals surface area contributed by atoms with Gasteiger partial charge in [0.05, 0.1) is 39.9 Å². The number of benzene rings is 1. The highest BCUT2D eigenvalue weighted by atomic mass is 35.5. The van der Waals surface area contributed by atoms with Crippen molar-refractivity contribution in [2.45, 2.75) is 51.2 Å². The van der Waals surface area contributed by atoms with Crippen LogP contribution in [0, 0.1) is 5.92 Å². The summed E-state index contributed by atoms with van der Waals surface area (Å²) in [5.74, 6) is 1.40. The molecule has 1 aromatic carbocycles. The van der Waals surface area contributed by atoms with Gasteiger partial charge in [0.2, 0.25) is 11.8 Å². The van der Waals surface area contributed by atoms with Crippen LogP contribution in [0.4, 0.5) is 5.69 Å². The summed E-state index contributed by atoms with van der Waals surface area (Å²) >= 11 is 13.9. The van der Waals surface area contributed by atoms with E-state index in [9.17, 15) is 9.59 Å². The van der Waals surface area contributed by atoms with E-state index >= 15 is 0 Å². The molecule has 0 unspecified atom stereocenters. The highest BCUT2D eigenvalue weighted by molar-refractivity contribution is 6.39. The molecule has 3 N–H and O–H groups in total. The fourth-order valence-electron chi connectivity index (χ4n) is 6.57. The molecule has 0 radical (unpaired) electrons. The number of methoxy groups -OCH3 is 1. The van der Waals surface area contributed by atoms with Crippen LogP contribution in [0.25, 0.3) is 22.5 Å². The van der Waals surface area contributed by atoms with Crippen LogP contribution in [0.1, 0.15) is 53.3 Å². The molecule has 3 aromatic heterocycles. The number of pyridine rings is 2. The Morgan fingerprint density at radius 1 is 1.06 bits per heavy atom. The van der Waals surface area contributed by atoms with Crippen molar-refractivity contribution in [3.63, 3.8) is 0 Å². The Hall–Kier alpha value is -4.03. The molecule has 5 heterocycles. The molecule has 0 bridgehead atoms. The summed E-state index contributed by atoms with van der Waals surface area (Å²) < 4.78 is 7.52. The molecule has 1 saturated carbocycles. The fourth-order valence-corrected chi connectivity index (χ4v) is 7.14. The van der Waals surface area contributed by atoms with E-state index in [2.05, 4.69) is 25.8 Å². The molecular weight excluding hydrogens is 651 g/mol. The maximum absolute atomic E-state index is 13.5. The van der Waals surface area contributed by atoms with Crippen molar-refractivity contribution >= 4 is 40.7 Å². The fraction of sp³-hybridized carbons (Fsp3) is 0.400. The van der Waals surface area contributed by atoms with E-state index in [4.69, 9.17) is 37.9 Å². The number of aromatic nitrogens is 4. The molecule has 7 rings (SSSR count). The van der Waals surface area contributed by atoms with Gasteiger partial charge in [-0.1, -0.05) is 41.4 Å². The number of nitrogens with zero attached hydrogens (tertiary/aromatic N) is 5. The number of fused-ring (bicyclic) bond motifs is 1. The Kier molecular flexibility index (Phi) is 9.37. The van der Waals surface area contributed by atoms with E-state index in [1.54, 1.807) is 31.5 Å². The van der Waals surface area contributed by atoms with Crippen LogP contribution in [-0.4, -0.2) is 69.0 Å². The number of carbonyl (C=O) groups excluding carboxylic acids is 2. The molecule has 2 fully saturated rings. The first-order chi connectivity index (χ1) is 23.3. The second-order valence-electron chi connectivity index (χ2n) is 12.8. The van der Waals surface area contributed by atoms with Crippen molar-refractivity contribution in [3.05, 3.63) is 75.4 Å². The number of imidazole rings is 1. The van der Waals surface area contributed by atoms with Gasteiger partial charge in [0.15, 0.2) is 5.82 Å². The maximum atomic E-state index is 13.5. The summed E-state index contributed by atoms with van der Waals surface area (Å²) in [6.45, 7) is 4.06. The zero-order valence-electron chi connectivity index (χ0n) is 27.0. The molecule has 48 heavy (non-hydrogen) atoms. The molecule has 4 aromatic rings. The first kappa shape index (κ1) is 32.5. The van der Waals surface area contributed by atoms with Crippen molar-refractivity contribution in [1.29, 1.82) is 0 Å². The molecule has 1 atom stereocenters. The van der Waals surface area contributed by atoms with Crippen LogP contribution in [0.5, 0.6) is 5.88 Å². The number of nitrogens with one attached hydrogen (secondary N) is 3. The average molecular weight is 690 g/mol. The summed E-state index contributed by atoms with van der Waals surface area (Å²) in [6, 6.07) is 11.1. The molecule has 3 aliphatic rings. The second kappa shape index (κ2) is 13.8. The van der Waals surface area contributed by atoms with Gasteiger partial charge >= 0.3 is 0 Å². The lowest BCUT2D eigenvalue weighted by Crippen LogP contribution is -2.35. The lowest BCUT2D eigenvalue weighted by Gasteiger charge is -2.26. The van der Waals surface area contributed by atoms with Crippen LogP contribution < -0.4 is 20.7 Å². The van der Waals surface area contributed by atoms with Gasteiger partial charge in [0.25, 0.3) is 5.91 Å². The van der Waals surface area contributed by atoms with Crippen LogP contribution in [0.2, 0.25) is 10.0 Å². The summed E-state index contributed by atoms with van der Waals surface area (Å²) in [4.78, 5) is 41.5. The van der Waals surface area contributed by atoms with Gasteiger partial charge in [-0.15, -0.1) is 0 Å². The minimum Gasteiger partial charge on any atom is -0.481 e. The minimum atomic E-state index is -0.327. The summed E-state index contributed by atoms with van der Waals surface area (Å²) in [6.07, 6.45) is 6.54. The van der Waals surface area contributed by atoms with Gasteiger partial charge in [-0.2, -0.15) is 0 Å². The van der Waals surface area contributed by atoms with E-state index in [0.717, 1.165) is 55.3 Å². The third-order valence-electron chi connectivity index (χ3n) is 9.34.